The summed E-state index contributed by atoms with van der Waals surface area (Å²) in [5, 5.41) is 13.8. The summed E-state index contributed by atoms with van der Waals surface area (Å²) in [4.78, 5) is 22.6. The fourth-order valence-electron chi connectivity index (χ4n) is 2.23. The van der Waals surface area contributed by atoms with Crippen molar-refractivity contribution in [3.05, 3.63) is 33.9 Å². The van der Waals surface area contributed by atoms with Crippen LogP contribution in [0.5, 0.6) is 5.75 Å². The molecule has 22 heavy (non-hydrogen) atoms. The van der Waals surface area contributed by atoms with Gasteiger partial charge < -0.3 is 10.1 Å². The topological polar surface area (TPSA) is 81.5 Å². The first kappa shape index (κ1) is 17.9. The lowest BCUT2D eigenvalue weighted by Crippen LogP contribution is -2.32. The SMILES string of the molecule is CCCCCCC(C)NC(=O)c1ccc(OC)c([N+](=O)[O-])c1. The number of methoxy groups -OCH3 is 1. The number of amides is 1. The van der Waals surface area contributed by atoms with Gasteiger partial charge in [-0.3, -0.25) is 14.9 Å². The minimum absolute atomic E-state index is 0.0468. The third-order valence-electron chi connectivity index (χ3n) is 3.51. The maximum atomic E-state index is 12.1. The van der Waals surface area contributed by atoms with Gasteiger partial charge in [-0.15, -0.1) is 0 Å². The largest absolute Gasteiger partial charge is 0.490 e. The number of carbonyl (C=O) groups excluding carboxylic acids is 1. The number of rotatable bonds is 9. The fourth-order valence-corrected chi connectivity index (χ4v) is 2.23. The van der Waals surface area contributed by atoms with Gasteiger partial charge in [0.05, 0.1) is 12.0 Å². The van der Waals surface area contributed by atoms with Gasteiger partial charge in [-0.05, 0) is 25.5 Å². The smallest absolute Gasteiger partial charge is 0.311 e. The van der Waals surface area contributed by atoms with Gasteiger partial charge in [0.1, 0.15) is 0 Å². The number of carbonyl (C=O) groups is 1. The van der Waals surface area contributed by atoms with Gasteiger partial charge in [0, 0.05) is 17.7 Å². The summed E-state index contributed by atoms with van der Waals surface area (Å²) in [6.45, 7) is 4.10. The van der Waals surface area contributed by atoms with Crippen molar-refractivity contribution in [1.82, 2.24) is 5.32 Å². The van der Waals surface area contributed by atoms with Crippen molar-refractivity contribution in [1.29, 1.82) is 0 Å². The van der Waals surface area contributed by atoms with Gasteiger partial charge in [0.2, 0.25) is 0 Å². The monoisotopic (exact) mass is 308 g/mol. The molecule has 122 valence electrons. The van der Waals surface area contributed by atoms with Crippen LogP contribution in [0, 0.1) is 10.1 Å². The third kappa shape index (κ3) is 5.35. The molecule has 0 spiro atoms. The minimum Gasteiger partial charge on any atom is -0.490 e. The van der Waals surface area contributed by atoms with Crippen LogP contribution in [0.25, 0.3) is 0 Å². The summed E-state index contributed by atoms with van der Waals surface area (Å²) in [7, 11) is 1.36. The van der Waals surface area contributed by atoms with Crippen molar-refractivity contribution in [3.63, 3.8) is 0 Å². The second-order valence-electron chi connectivity index (χ2n) is 5.37. The van der Waals surface area contributed by atoms with Crippen LogP contribution in [0.3, 0.4) is 0 Å². The highest BCUT2D eigenvalue weighted by Gasteiger charge is 2.18. The molecular weight excluding hydrogens is 284 g/mol. The van der Waals surface area contributed by atoms with Gasteiger partial charge in [0.15, 0.2) is 5.75 Å². The van der Waals surface area contributed by atoms with E-state index in [1.165, 1.54) is 38.2 Å². The van der Waals surface area contributed by atoms with E-state index in [0.717, 1.165) is 19.3 Å². The molecule has 0 aromatic heterocycles. The number of ether oxygens (including phenoxy) is 1. The quantitative estimate of drug-likeness (QED) is 0.428. The van der Waals surface area contributed by atoms with Gasteiger partial charge in [0.25, 0.3) is 5.91 Å². The van der Waals surface area contributed by atoms with Crippen LogP contribution in [-0.4, -0.2) is 24.0 Å². The summed E-state index contributed by atoms with van der Waals surface area (Å²) >= 11 is 0. The molecule has 1 aromatic carbocycles. The second kappa shape index (κ2) is 9.02. The molecule has 0 aliphatic heterocycles. The Labute approximate surface area is 131 Å². The van der Waals surface area contributed by atoms with Gasteiger partial charge >= 0.3 is 5.69 Å². The summed E-state index contributed by atoms with van der Waals surface area (Å²) in [5.41, 5.74) is 0.0682. The van der Waals surface area contributed by atoms with Crippen molar-refractivity contribution in [2.45, 2.75) is 52.0 Å². The van der Waals surface area contributed by atoms with Crippen molar-refractivity contribution in [3.8, 4) is 5.75 Å². The number of nitro groups is 1. The average Bonchev–Trinajstić information content (AvgIpc) is 2.50. The normalized spacial score (nSPS) is 11.8. The molecule has 1 unspecified atom stereocenters. The van der Waals surface area contributed by atoms with Crippen LogP contribution in [0.2, 0.25) is 0 Å². The Morgan fingerprint density at radius 1 is 1.36 bits per heavy atom. The lowest BCUT2D eigenvalue weighted by atomic mass is 10.1. The Morgan fingerprint density at radius 2 is 2.09 bits per heavy atom. The van der Waals surface area contributed by atoms with Crippen LogP contribution >= 0.6 is 0 Å². The molecule has 0 bridgehead atoms. The molecule has 0 saturated carbocycles. The lowest BCUT2D eigenvalue weighted by Gasteiger charge is -2.14. The molecule has 0 heterocycles. The van der Waals surface area contributed by atoms with Crippen molar-refractivity contribution in [2.24, 2.45) is 0 Å². The van der Waals surface area contributed by atoms with E-state index in [9.17, 15) is 14.9 Å². The number of hydrogen-bond acceptors (Lipinski definition) is 4. The van der Waals surface area contributed by atoms with Crippen molar-refractivity contribution < 1.29 is 14.5 Å². The van der Waals surface area contributed by atoms with Crippen LogP contribution < -0.4 is 10.1 Å². The van der Waals surface area contributed by atoms with E-state index >= 15 is 0 Å². The predicted molar refractivity (Wildman–Crippen MR) is 85.3 cm³/mol. The van der Waals surface area contributed by atoms with Crippen LogP contribution in [-0.2, 0) is 0 Å². The molecule has 0 radical (unpaired) electrons. The molecule has 6 nitrogen and oxygen atoms in total. The van der Waals surface area contributed by atoms with Crippen molar-refractivity contribution in [2.75, 3.05) is 7.11 Å². The second-order valence-corrected chi connectivity index (χ2v) is 5.37. The lowest BCUT2D eigenvalue weighted by molar-refractivity contribution is -0.385. The molecule has 0 aliphatic carbocycles. The van der Waals surface area contributed by atoms with E-state index in [2.05, 4.69) is 12.2 Å². The van der Waals surface area contributed by atoms with Crippen LogP contribution in [0.1, 0.15) is 56.3 Å². The predicted octanol–water partition coefficient (Wildman–Crippen LogP) is 3.69. The molecule has 0 aliphatic rings. The summed E-state index contributed by atoms with van der Waals surface area (Å²) in [6.07, 6.45) is 5.51. The molecular formula is C16H24N2O4. The Hall–Kier alpha value is -2.11. The Morgan fingerprint density at radius 3 is 2.68 bits per heavy atom. The van der Waals surface area contributed by atoms with E-state index in [-0.39, 0.29) is 28.9 Å². The molecule has 1 amide bonds. The Balaban J connectivity index is 2.65. The van der Waals surface area contributed by atoms with Gasteiger partial charge in [-0.2, -0.15) is 0 Å². The number of unbranched alkanes of at least 4 members (excludes halogenated alkanes) is 3. The Kier molecular flexibility index (Phi) is 7.36. The number of nitro benzene ring substituents is 1. The molecule has 0 saturated heterocycles. The fraction of sp³-hybridized carbons (Fsp3) is 0.562. The minimum atomic E-state index is -0.552. The van der Waals surface area contributed by atoms with Gasteiger partial charge in [-0.1, -0.05) is 32.6 Å². The third-order valence-corrected chi connectivity index (χ3v) is 3.51. The summed E-state index contributed by atoms with van der Waals surface area (Å²) < 4.78 is 4.93. The van der Waals surface area contributed by atoms with Crippen LogP contribution in [0.15, 0.2) is 18.2 Å². The molecule has 1 aromatic rings. The Bertz CT molecular complexity index is 517. The van der Waals surface area contributed by atoms with E-state index in [1.807, 2.05) is 6.92 Å². The number of benzene rings is 1. The molecule has 1 atom stereocenters. The number of hydrogen-bond donors (Lipinski definition) is 1. The standard InChI is InChI=1S/C16H24N2O4/c1-4-5-6-7-8-12(2)17-16(19)13-9-10-15(22-3)14(11-13)18(20)21/h9-12H,4-8H2,1-3H3,(H,17,19). The highest BCUT2D eigenvalue weighted by atomic mass is 16.6. The summed E-state index contributed by atoms with van der Waals surface area (Å²) in [6, 6.07) is 4.27. The first-order valence-corrected chi connectivity index (χ1v) is 7.62. The zero-order valence-electron chi connectivity index (χ0n) is 13.4. The zero-order valence-corrected chi connectivity index (χ0v) is 13.4. The molecule has 1 rings (SSSR count). The van der Waals surface area contributed by atoms with E-state index in [4.69, 9.17) is 4.74 Å². The summed E-state index contributed by atoms with van der Waals surface area (Å²) in [5.74, 6) is -0.150. The molecule has 0 fully saturated rings. The van der Waals surface area contributed by atoms with Gasteiger partial charge in [-0.25, -0.2) is 0 Å². The molecule has 1 N–H and O–H groups in total. The first-order chi connectivity index (χ1) is 10.5. The number of nitrogens with zero attached hydrogens (tertiary/aromatic N) is 1. The first-order valence-electron chi connectivity index (χ1n) is 7.62. The maximum absolute atomic E-state index is 12.1. The zero-order chi connectivity index (χ0) is 16.5. The maximum Gasteiger partial charge on any atom is 0.311 e. The van der Waals surface area contributed by atoms with E-state index in [0.29, 0.717) is 0 Å². The number of nitrogens with one attached hydrogen (secondary N) is 1. The van der Waals surface area contributed by atoms with E-state index < -0.39 is 4.92 Å². The average molecular weight is 308 g/mol. The van der Waals surface area contributed by atoms with Crippen LogP contribution in [0.4, 0.5) is 5.69 Å². The van der Waals surface area contributed by atoms with Crippen molar-refractivity contribution >= 4 is 11.6 Å². The highest BCUT2D eigenvalue weighted by Crippen LogP contribution is 2.27. The molecule has 6 heteroatoms. The van der Waals surface area contributed by atoms with E-state index in [1.54, 1.807) is 0 Å². The highest BCUT2D eigenvalue weighted by molar-refractivity contribution is 5.95.